The number of likely N-dealkylation sites (tertiary alicyclic amines) is 1. The molecule has 1 aliphatic carbocycles. The molecule has 22 heavy (non-hydrogen) atoms. The third-order valence-electron chi connectivity index (χ3n) is 4.70. The predicted molar refractivity (Wildman–Crippen MR) is 92.1 cm³/mol. The fourth-order valence-corrected chi connectivity index (χ4v) is 3.27. The molecule has 0 bridgehead atoms. The quantitative estimate of drug-likeness (QED) is 0.646. The molecule has 120 valence electrons. The minimum absolute atomic E-state index is 0.762. The van der Waals surface area contributed by atoms with Crippen molar-refractivity contribution in [2.45, 2.75) is 38.8 Å². The molecule has 1 saturated heterocycles. The summed E-state index contributed by atoms with van der Waals surface area (Å²) >= 11 is 0. The minimum atomic E-state index is 0.762. The molecule has 0 radical (unpaired) electrons. The molecule has 1 atom stereocenters. The van der Waals surface area contributed by atoms with Crippen LogP contribution in [0.2, 0.25) is 0 Å². The monoisotopic (exact) mass is 300 g/mol. The standard InChI is InChI=1S/C18H28N4/c1-14-4-3-5-15(10-14)11-20-18(19-2)21-12-16-8-9-22(13-16)17-6-7-17/h3-5,10,16-17H,6-9,11-13H2,1-2H3,(H2,19,20,21). The molecule has 1 aromatic rings. The van der Waals surface area contributed by atoms with Crippen LogP contribution in [0.5, 0.6) is 0 Å². The third kappa shape index (κ3) is 4.23. The molecule has 2 aliphatic rings. The first kappa shape index (κ1) is 15.3. The SMILES string of the molecule is CN=C(NCc1cccc(C)c1)NCC1CCN(C2CC2)C1. The van der Waals surface area contributed by atoms with Crippen LogP contribution in [-0.2, 0) is 6.54 Å². The van der Waals surface area contributed by atoms with Crippen LogP contribution >= 0.6 is 0 Å². The molecule has 3 rings (SSSR count). The zero-order valence-electron chi connectivity index (χ0n) is 13.8. The molecule has 2 N–H and O–H groups in total. The number of rotatable bonds is 5. The number of hydrogen-bond acceptors (Lipinski definition) is 2. The molecule has 0 spiro atoms. The summed E-state index contributed by atoms with van der Waals surface area (Å²) in [5, 5.41) is 6.90. The van der Waals surface area contributed by atoms with Crippen LogP contribution in [-0.4, -0.2) is 43.6 Å². The molecule has 1 heterocycles. The highest BCUT2D eigenvalue weighted by atomic mass is 15.2. The molecule has 0 aromatic heterocycles. The van der Waals surface area contributed by atoms with E-state index in [-0.39, 0.29) is 0 Å². The molecule has 1 aromatic carbocycles. The largest absolute Gasteiger partial charge is 0.356 e. The molecule has 1 unspecified atom stereocenters. The van der Waals surface area contributed by atoms with E-state index in [2.05, 4.69) is 51.7 Å². The summed E-state index contributed by atoms with van der Waals surface area (Å²) in [6.45, 7) is 6.51. The van der Waals surface area contributed by atoms with Crippen molar-refractivity contribution in [2.75, 3.05) is 26.7 Å². The normalized spacial score (nSPS) is 22.8. The molecule has 0 amide bonds. The van der Waals surface area contributed by atoms with Crippen LogP contribution < -0.4 is 10.6 Å². The second kappa shape index (κ2) is 7.14. The molecule has 1 saturated carbocycles. The number of benzene rings is 1. The van der Waals surface area contributed by atoms with Crippen LogP contribution in [0.1, 0.15) is 30.4 Å². The van der Waals surface area contributed by atoms with E-state index in [0.29, 0.717) is 0 Å². The second-order valence-corrected chi connectivity index (χ2v) is 6.68. The van der Waals surface area contributed by atoms with Gasteiger partial charge in [0.25, 0.3) is 0 Å². The lowest BCUT2D eigenvalue weighted by molar-refractivity contribution is 0.314. The van der Waals surface area contributed by atoms with E-state index in [9.17, 15) is 0 Å². The second-order valence-electron chi connectivity index (χ2n) is 6.68. The number of aliphatic imine (C=N–C) groups is 1. The summed E-state index contributed by atoms with van der Waals surface area (Å²) in [6.07, 6.45) is 4.15. The van der Waals surface area contributed by atoms with Crippen molar-refractivity contribution in [1.82, 2.24) is 15.5 Å². The molecule has 2 fully saturated rings. The minimum Gasteiger partial charge on any atom is -0.356 e. The van der Waals surface area contributed by atoms with E-state index in [0.717, 1.165) is 31.0 Å². The number of aryl methyl sites for hydroxylation is 1. The molecule has 4 nitrogen and oxygen atoms in total. The number of nitrogens with one attached hydrogen (secondary N) is 2. The number of hydrogen-bond donors (Lipinski definition) is 2. The van der Waals surface area contributed by atoms with Crippen LogP contribution in [0, 0.1) is 12.8 Å². The highest BCUT2D eigenvalue weighted by Crippen LogP contribution is 2.31. The van der Waals surface area contributed by atoms with Gasteiger partial charge in [0, 0.05) is 32.7 Å². The highest BCUT2D eigenvalue weighted by Gasteiger charge is 2.34. The van der Waals surface area contributed by atoms with Gasteiger partial charge >= 0.3 is 0 Å². The Morgan fingerprint density at radius 1 is 1.27 bits per heavy atom. The summed E-state index contributed by atoms with van der Waals surface area (Å²) in [6, 6.07) is 9.50. The van der Waals surface area contributed by atoms with Gasteiger partial charge in [-0.15, -0.1) is 0 Å². The lowest BCUT2D eigenvalue weighted by Crippen LogP contribution is -2.40. The fraction of sp³-hybridized carbons (Fsp3) is 0.611. The Labute approximate surface area is 134 Å². The van der Waals surface area contributed by atoms with Crippen molar-refractivity contribution in [3.8, 4) is 0 Å². The van der Waals surface area contributed by atoms with Crippen molar-refractivity contribution in [3.05, 3.63) is 35.4 Å². The lowest BCUT2D eigenvalue weighted by Gasteiger charge is -2.17. The van der Waals surface area contributed by atoms with Gasteiger partial charge < -0.3 is 15.5 Å². The van der Waals surface area contributed by atoms with Gasteiger partial charge in [-0.1, -0.05) is 29.8 Å². The summed E-state index contributed by atoms with van der Waals surface area (Å²) in [7, 11) is 1.84. The fourth-order valence-electron chi connectivity index (χ4n) is 3.27. The van der Waals surface area contributed by atoms with Crippen molar-refractivity contribution in [2.24, 2.45) is 10.9 Å². The van der Waals surface area contributed by atoms with Crippen LogP contribution in [0.15, 0.2) is 29.3 Å². The first-order valence-corrected chi connectivity index (χ1v) is 8.48. The van der Waals surface area contributed by atoms with Crippen molar-refractivity contribution in [1.29, 1.82) is 0 Å². The molecule has 1 aliphatic heterocycles. The maximum atomic E-state index is 4.33. The number of guanidine groups is 1. The van der Waals surface area contributed by atoms with E-state index in [4.69, 9.17) is 0 Å². The van der Waals surface area contributed by atoms with E-state index >= 15 is 0 Å². The Balaban J connectivity index is 1.40. The van der Waals surface area contributed by atoms with Crippen LogP contribution in [0.25, 0.3) is 0 Å². The maximum absolute atomic E-state index is 4.33. The summed E-state index contributed by atoms with van der Waals surface area (Å²) in [4.78, 5) is 7.00. The Morgan fingerprint density at radius 2 is 2.14 bits per heavy atom. The van der Waals surface area contributed by atoms with Gasteiger partial charge in [-0.3, -0.25) is 4.99 Å². The first-order valence-electron chi connectivity index (χ1n) is 8.48. The topological polar surface area (TPSA) is 39.7 Å². The van der Waals surface area contributed by atoms with Gasteiger partial charge in [-0.2, -0.15) is 0 Å². The van der Waals surface area contributed by atoms with E-state index in [1.54, 1.807) is 0 Å². The van der Waals surface area contributed by atoms with Gasteiger partial charge in [-0.05, 0) is 44.2 Å². The molecular formula is C18H28N4. The maximum Gasteiger partial charge on any atom is 0.191 e. The van der Waals surface area contributed by atoms with E-state index < -0.39 is 0 Å². The van der Waals surface area contributed by atoms with Gasteiger partial charge in [0.1, 0.15) is 0 Å². The average Bonchev–Trinajstić information content (AvgIpc) is 3.27. The Bertz CT molecular complexity index is 522. The zero-order chi connectivity index (χ0) is 15.4. The van der Waals surface area contributed by atoms with Crippen molar-refractivity contribution in [3.63, 3.8) is 0 Å². The summed E-state index contributed by atoms with van der Waals surface area (Å²) in [5.74, 6) is 1.67. The third-order valence-corrected chi connectivity index (χ3v) is 4.70. The average molecular weight is 300 g/mol. The summed E-state index contributed by atoms with van der Waals surface area (Å²) < 4.78 is 0. The molecular weight excluding hydrogens is 272 g/mol. The highest BCUT2D eigenvalue weighted by molar-refractivity contribution is 5.79. The lowest BCUT2D eigenvalue weighted by atomic mass is 10.1. The Kier molecular flexibility index (Phi) is 4.98. The predicted octanol–water partition coefficient (Wildman–Crippen LogP) is 2.14. The van der Waals surface area contributed by atoms with Crippen LogP contribution in [0.3, 0.4) is 0 Å². The van der Waals surface area contributed by atoms with Gasteiger partial charge in [-0.25, -0.2) is 0 Å². The van der Waals surface area contributed by atoms with E-state index in [1.165, 1.54) is 43.5 Å². The Hall–Kier alpha value is -1.55. The number of nitrogens with zero attached hydrogens (tertiary/aromatic N) is 2. The Morgan fingerprint density at radius 3 is 2.86 bits per heavy atom. The zero-order valence-corrected chi connectivity index (χ0v) is 13.8. The van der Waals surface area contributed by atoms with Crippen LogP contribution in [0.4, 0.5) is 0 Å². The van der Waals surface area contributed by atoms with E-state index in [1.807, 2.05) is 7.05 Å². The van der Waals surface area contributed by atoms with Gasteiger partial charge in [0.15, 0.2) is 5.96 Å². The first-order chi connectivity index (χ1) is 10.7. The molecule has 4 heteroatoms. The van der Waals surface area contributed by atoms with Gasteiger partial charge in [0.05, 0.1) is 0 Å². The summed E-state index contributed by atoms with van der Waals surface area (Å²) in [5.41, 5.74) is 2.59. The smallest absolute Gasteiger partial charge is 0.191 e. The van der Waals surface area contributed by atoms with Gasteiger partial charge in [0.2, 0.25) is 0 Å². The van der Waals surface area contributed by atoms with Crippen molar-refractivity contribution >= 4 is 5.96 Å². The van der Waals surface area contributed by atoms with Crippen molar-refractivity contribution < 1.29 is 0 Å².